The van der Waals surface area contributed by atoms with Gasteiger partial charge >= 0.3 is 0 Å². The van der Waals surface area contributed by atoms with E-state index in [1.807, 2.05) is 54.6 Å². The topological polar surface area (TPSA) is 88.9 Å². The molecule has 3 aromatic rings. The molecule has 0 saturated heterocycles. The Kier molecular flexibility index (Phi) is 6.40. The minimum atomic E-state index is -0.371. The molecule has 1 atom stereocenters. The molecule has 31 heavy (non-hydrogen) atoms. The number of nitrogens with zero attached hydrogens (tertiary/aromatic N) is 3. The molecule has 1 aliphatic heterocycles. The predicted molar refractivity (Wildman–Crippen MR) is 119 cm³/mol. The van der Waals surface area contributed by atoms with E-state index in [0.29, 0.717) is 5.69 Å². The molecule has 2 aromatic carbocycles. The summed E-state index contributed by atoms with van der Waals surface area (Å²) in [6, 6.07) is 16.8. The van der Waals surface area contributed by atoms with Gasteiger partial charge in [-0.25, -0.2) is 0 Å². The van der Waals surface area contributed by atoms with E-state index < -0.39 is 0 Å². The lowest BCUT2D eigenvalue weighted by molar-refractivity contribution is -0.120. The molecule has 160 valence electrons. The third kappa shape index (κ3) is 5.17. The summed E-state index contributed by atoms with van der Waals surface area (Å²) < 4.78 is 2.21. The molecular formula is C24H27N5O2. The Morgan fingerprint density at radius 2 is 1.77 bits per heavy atom. The van der Waals surface area contributed by atoms with Crippen molar-refractivity contribution in [2.75, 3.05) is 5.32 Å². The van der Waals surface area contributed by atoms with Crippen molar-refractivity contribution >= 4 is 17.5 Å². The maximum atomic E-state index is 12.6. The summed E-state index contributed by atoms with van der Waals surface area (Å²) in [5.74, 6) is 1.60. The van der Waals surface area contributed by atoms with Gasteiger partial charge in [0.05, 0.1) is 12.5 Å². The lowest BCUT2D eigenvalue weighted by Crippen LogP contribution is -2.29. The van der Waals surface area contributed by atoms with Gasteiger partial charge in [-0.15, -0.1) is 10.2 Å². The molecule has 0 fully saturated rings. The van der Waals surface area contributed by atoms with Crippen LogP contribution in [0.3, 0.4) is 0 Å². The van der Waals surface area contributed by atoms with Crippen molar-refractivity contribution < 1.29 is 9.59 Å². The summed E-state index contributed by atoms with van der Waals surface area (Å²) in [6.45, 7) is 2.40. The van der Waals surface area contributed by atoms with E-state index in [9.17, 15) is 9.59 Å². The van der Waals surface area contributed by atoms with Crippen LogP contribution in [0.15, 0.2) is 54.6 Å². The number of fused-ring (bicyclic) bond motifs is 1. The molecular weight excluding hydrogens is 390 g/mol. The van der Waals surface area contributed by atoms with Crippen molar-refractivity contribution in [1.82, 2.24) is 20.1 Å². The number of carbonyl (C=O) groups is 2. The molecule has 2 N–H and O–H groups in total. The molecule has 2 amide bonds. The minimum Gasteiger partial charge on any atom is -0.349 e. The van der Waals surface area contributed by atoms with E-state index in [-0.39, 0.29) is 24.3 Å². The van der Waals surface area contributed by atoms with Crippen LogP contribution in [0.1, 0.15) is 50.0 Å². The third-order valence-corrected chi connectivity index (χ3v) is 5.51. The van der Waals surface area contributed by atoms with Gasteiger partial charge in [0, 0.05) is 31.1 Å². The van der Waals surface area contributed by atoms with Crippen LogP contribution < -0.4 is 10.6 Å². The number of rotatable bonds is 6. The van der Waals surface area contributed by atoms with Gasteiger partial charge in [-0.1, -0.05) is 36.8 Å². The molecule has 0 radical (unpaired) electrons. The Morgan fingerprint density at radius 1 is 1.00 bits per heavy atom. The number of aromatic nitrogens is 3. The molecule has 1 aliphatic rings. The first-order valence-electron chi connectivity index (χ1n) is 10.7. The van der Waals surface area contributed by atoms with E-state index in [0.717, 1.165) is 48.6 Å². The van der Waals surface area contributed by atoms with E-state index in [4.69, 9.17) is 0 Å². The fourth-order valence-electron chi connectivity index (χ4n) is 3.98. The lowest BCUT2D eigenvalue weighted by atomic mass is 10.0. The number of hydrogen-bond acceptors (Lipinski definition) is 4. The van der Waals surface area contributed by atoms with Crippen LogP contribution in [0, 0.1) is 0 Å². The van der Waals surface area contributed by atoms with Gasteiger partial charge in [0.15, 0.2) is 5.82 Å². The molecule has 4 rings (SSSR count). The van der Waals surface area contributed by atoms with Crippen LogP contribution in [0.2, 0.25) is 0 Å². The summed E-state index contributed by atoms with van der Waals surface area (Å²) in [5, 5.41) is 14.5. The minimum absolute atomic E-state index is 0.156. The summed E-state index contributed by atoms with van der Waals surface area (Å²) in [5.41, 5.74) is 2.59. The van der Waals surface area contributed by atoms with Gasteiger partial charge in [0.25, 0.3) is 0 Å². The Labute approximate surface area is 181 Å². The van der Waals surface area contributed by atoms with Crippen molar-refractivity contribution in [3.8, 4) is 11.4 Å². The zero-order chi connectivity index (χ0) is 21.6. The number of aryl methyl sites for hydroxylation is 1. The zero-order valence-corrected chi connectivity index (χ0v) is 17.7. The largest absolute Gasteiger partial charge is 0.349 e. The summed E-state index contributed by atoms with van der Waals surface area (Å²) in [6.07, 6.45) is 4.64. The SMILES string of the molecule is CC(=O)N[C@H](CC(=O)Nc1ccc(-c2nnc3n2CCCCC3)cc1)c1ccccc1. The van der Waals surface area contributed by atoms with Crippen molar-refractivity contribution in [2.45, 2.75) is 51.6 Å². The van der Waals surface area contributed by atoms with Crippen LogP contribution in [0.5, 0.6) is 0 Å². The fraction of sp³-hybridized carbons (Fsp3) is 0.333. The Bertz CT molecular complexity index is 1040. The van der Waals surface area contributed by atoms with Crippen LogP contribution in [-0.4, -0.2) is 26.6 Å². The van der Waals surface area contributed by atoms with Crippen LogP contribution >= 0.6 is 0 Å². The first kappa shape index (κ1) is 20.8. The Hall–Kier alpha value is -3.48. The maximum absolute atomic E-state index is 12.6. The smallest absolute Gasteiger partial charge is 0.226 e. The highest BCUT2D eigenvalue weighted by molar-refractivity contribution is 5.91. The average molecular weight is 418 g/mol. The highest BCUT2D eigenvalue weighted by atomic mass is 16.2. The number of hydrogen-bond donors (Lipinski definition) is 2. The third-order valence-electron chi connectivity index (χ3n) is 5.51. The van der Waals surface area contributed by atoms with Crippen molar-refractivity contribution in [1.29, 1.82) is 0 Å². The van der Waals surface area contributed by atoms with Crippen molar-refractivity contribution in [3.63, 3.8) is 0 Å². The second-order valence-electron chi connectivity index (χ2n) is 7.90. The van der Waals surface area contributed by atoms with E-state index in [1.54, 1.807) is 0 Å². The number of benzene rings is 2. The van der Waals surface area contributed by atoms with Gasteiger partial charge in [-0.3, -0.25) is 9.59 Å². The van der Waals surface area contributed by atoms with Gasteiger partial charge < -0.3 is 15.2 Å². The first-order chi connectivity index (χ1) is 15.1. The quantitative estimate of drug-likeness (QED) is 0.637. The molecule has 0 bridgehead atoms. The second-order valence-corrected chi connectivity index (χ2v) is 7.90. The number of anilines is 1. The molecule has 0 saturated carbocycles. The number of nitrogens with one attached hydrogen (secondary N) is 2. The molecule has 0 aliphatic carbocycles. The van der Waals surface area contributed by atoms with Crippen molar-refractivity contribution in [3.05, 3.63) is 66.0 Å². The molecule has 0 spiro atoms. The summed E-state index contributed by atoms with van der Waals surface area (Å²) in [7, 11) is 0. The highest BCUT2D eigenvalue weighted by Crippen LogP contribution is 2.24. The monoisotopic (exact) mass is 417 g/mol. The Morgan fingerprint density at radius 3 is 2.52 bits per heavy atom. The first-order valence-corrected chi connectivity index (χ1v) is 10.7. The molecule has 7 nitrogen and oxygen atoms in total. The Balaban J connectivity index is 1.43. The van der Waals surface area contributed by atoms with E-state index in [2.05, 4.69) is 25.4 Å². The summed E-state index contributed by atoms with van der Waals surface area (Å²) >= 11 is 0. The lowest BCUT2D eigenvalue weighted by Gasteiger charge is -2.18. The van der Waals surface area contributed by atoms with E-state index in [1.165, 1.54) is 13.3 Å². The maximum Gasteiger partial charge on any atom is 0.226 e. The number of carbonyl (C=O) groups excluding carboxylic acids is 2. The predicted octanol–water partition coefficient (Wildman–Crippen LogP) is 3.88. The normalized spacial score (nSPS) is 14.2. The molecule has 0 unspecified atom stereocenters. The van der Waals surface area contributed by atoms with Crippen LogP contribution in [0.4, 0.5) is 5.69 Å². The van der Waals surface area contributed by atoms with Gasteiger partial charge in [-0.2, -0.15) is 0 Å². The van der Waals surface area contributed by atoms with Gasteiger partial charge in [0.2, 0.25) is 11.8 Å². The van der Waals surface area contributed by atoms with Crippen molar-refractivity contribution in [2.24, 2.45) is 0 Å². The number of amides is 2. The van der Waals surface area contributed by atoms with E-state index >= 15 is 0 Å². The standard InChI is InChI=1S/C24H27N5O2/c1-17(30)25-21(18-8-4-2-5-9-18)16-23(31)26-20-13-11-19(12-14-20)24-28-27-22-10-6-3-7-15-29(22)24/h2,4-5,8-9,11-14,21H,3,6-7,10,15-16H2,1H3,(H,25,30)(H,26,31)/t21-/m1/s1. The fourth-order valence-corrected chi connectivity index (χ4v) is 3.98. The average Bonchev–Trinajstić information content (AvgIpc) is 3.02. The molecule has 7 heteroatoms. The van der Waals surface area contributed by atoms with Crippen LogP contribution in [0.25, 0.3) is 11.4 Å². The van der Waals surface area contributed by atoms with Crippen LogP contribution in [-0.2, 0) is 22.6 Å². The second kappa shape index (κ2) is 9.55. The summed E-state index contributed by atoms with van der Waals surface area (Å²) in [4.78, 5) is 24.2. The van der Waals surface area contributed by atoms with Gasteiger partial charge in [-0.05, 0) is 42.7 Å². The van der Waals surface area contributed by atoms with Gasteiger partial charge in [0.1, 0.15) is 5.82 Å². The molecule has 1 aromatic heterocycles. The highest BCUT2D eigenvalue weighted by Gasteiger charge is 2.18. The molecule has 2 heterocycles. The zero-order valence-electron chi connectivity index (χ0n) is 17.7.